The Morgan fingerprint density at radius 2 is 1.72 bits per heavy atom. The van der Waals surface area contributed by atoms with Gasteiger partial charge in [0.25, 0.3) is 0 Å². The molecule has 0 N–H and O–H groups in total. The van der Waals surface area contributed by atoms with Crippen LogP contribution in [-0.2, 0) is 20.9 Å². The van der Waals surface area contributed by atoms with Gasteiger partial charge in [0.05, 0.1) is 23.7 Å². The van der Waals surface area contributed by atoms with E-state index in [1.54, 1.807) is 36.3 Å². The maximum absolute atomic E-state index is 14.0. The number of thiazole rings is 1. The molecule has 0 spiro atoms. The highest BCUT2D eigenvalue weighted by Gasteiger charge is 2.57. The number of piperidine rings is 1. The summed E-state index contributed by atoms with van der Waals surface area (Å²) in [5, 5.41) is 0.314. The summed E-state index contributed by atoms with van der Waals surface area (Å²) in [7, 11) is 1.56. The standard InChI is InChI=1S/C28H26ClN3O5S2/c1-37-19-8-4-3-7-18(19)21-22-23(26(35)32(25(22)34)17-11-9-16(29)10-12-17)38-27-24(21)39-28(36)31(27)15-20(33)30-13-5-2-6-14-30/h3-4,7-12,21-23H,2,5-6,13-15H2,1H3/t21-,22?,23?/m1/s1. The molecule has 3 aliphatic rings. The number of ether oxygens (including phenoxy) is 1. The van der Waals surface area contributed by atoms with Gasteiger partial charge in [-0.05, 0) is 49.6 Å². The Kier molecular flexibility index (Phi) is 7.03. The number of hydrogen-bond donors (Lipinski definition) is 0. The fourth-order valence-corrected chi connectivity index (χ4v) is 8.63. The van der Waals surface area contributed by atoms with Gasteiger partial charge in [0, 0.05) is 34.5 Å². The lowest BCUT2D eigenvalue weighted by Gasteiger charge is -2.32. The summed E-state index contributed by atoms with van der Waals surface area (Å²) >= 11 is 8.31. The van der Waals surface area contributed by atoms with E-state index in [1.165, 1.54) is 21.2 Å². The van der Waals surface area contributed by atoms with Crippen molar-refractivity contribution in [2.75, 3.05) is 25.1 Å². The van der Waals surface area contributed by atoms with Crippen molar-refractivity contribution in [3.8, 4) is 5.75 Å². The summed E-state index contributed by atoms with van der Waals surface area (Å²) in [6.07, 6.45) is 3.00. The number of fused-ring (bicyclic) bond motifs is 2. The van der Waals surface area contributed by atoms with Crippen LogP contribution in [0, 0.1) is 5.92 Å². The zero-order valence-corrected chi connectivity index (χ0v) is 23.6. The lowest BCUT2D eigenvalue weighted by Crippen LogP contribution is -2.39. The average Bonchev–Trinajstić information content (AvgIpc) is 3.40. The summed E-state index contributed by atoms with van der Waals surface area (Å²) in [6, 6.07) is 14.0. The summed E-state index contributed by atoms with van der Waals surface area (Å²) in [5.74, 6) is -1.55. The number of hydrogen-bond acceptors (Lipinski definition) is 7. The number of benzene rings is 2. The van der Waals surface area contributed by atoms with Crippen molar-refractivity contribution in [2.24, 2.45) is 5.92 Å². The molecule has 0 saturated carbocycles. The van der Waals surface area contributed by atoms with Gasteiger partial charge in [-0.3, -0.25) is 23.7 Å². The van der Waals surface area contributed by atoms with Crippen molar-refractivity contribution in [1.82, 2.24) is 9.47 Å². The predicted molar refractivity (Wildman–Crippen MR) is 151 cm³/mol. The minimum absolute atomic E-state index is 0.0866. The van der Waals surface area contributed by atoms with Gasteiger partial charge in [0.1, 0.15) is 17.5 Å². The zero-order valence-electron chi connectivity index (χ0n) is 21.2. The first-order valence-electron chi connectivity index (χ1n) is 12.8. The lowest BCUT2D eigenvalue weighted by atomic mass is 9.82. The number of rotatable bonds is 5. The summed E-state index contributed by atoms with van der Waals surface area (Å²) in [6.45, 7) is 1.28. The van der Waals surface area contributed by atoms with E-state index in [1.807, 2.05) is 24.3 Å². The normalized spacial score (nSPS) is 22.6. The van der Waals surface area contributed by atoms with Gasteiger partial charge >= 0.3 is 4.87 Å². The number of halogens is 1. The van der Waals surface area contributed by atoms with Crippen LogP contribution in [0.2, 0.25) is 5.02 Å². The van der Waals surface area contributed by atoms with Crippen LogP contribution in [0.25, 0.3) is 0 Å². The third-order valence-corrected chi connectivity index (χ3v) is 10.5. The molecule has 3 aliphatic heterocycles. The van der Waals surface area contributed by atoms with Gasteiger partial charge < -0.3 is 9.64 Å². The second-order valence-electron chi connectivity index (χ2n) is 9.84. The van der Waals surface area contributed by atoms with Crippen molar-refractivity contribution in [2.45, 2.75) is 42.0 Å². The van der Waals surface area contributed by atoms with Crippen LogP contribution in [0.4, 0.5) is 5.69 Å². The number of imide groups is 1. The molecule has 8 nitrogen and oxygen atoms in total. The number of amides is 3. The lowest BCUT2D eigenvalue weighted by molar-refractivity contribution is -0.133. The summed E-state index contributed by atoms with van der Waals surface area (Å²) in [4.78, 5) is 57.7. The van der Waals surface area contributed by atoms with Crippen molar-refractivity contribution in [3.05, 3.63) is 73.7 Å². The van der Waals surface area contributed by atoms with E-state index in [4.69, 9.17) is 16.3 Å². The Bertz CT molecular complexity index is 1510. The minimum Gasteiger partial charge on any atom is -0.496 e. The molecule has 2 unspecified atom stereocenters. The number of thioether (sulfide) groups is 1. The Hall–Kier alpha value is -3.08. The van der Waals surface area contributed by atoms with Gasteiger partial charge in [-0.2, -0.15) is 0 Å². The maximum atomic E-state index is 14.0. The zero-order chi connectivity index (χ0) is 27.3. The summed E-state index contributed by atoms with van der Waals surface area (Å²) in [5.41, 5.74) is 1.18. The van der Waals surface area contributed by atoms with E-state index in [9.17, 15) is 19.2 Å². The topological polar surface area (TPSA) is 88.9 Å². The Morgan fingerprint density at radius 1 is 1.00 bits per heavy atom. The van der Waals surface area contributed by atoms with E-state index in [0.29, 0.717) is 39.5 Å². The third kappa shape index (κ3) is 4.48. The SMILES string of the molecule is COc1ccccc1[C@H]1c2sc(=O)n(CC(=O)N3CCCCC3)c2SC2C(=O)N(c3ccc(Cl)cc3)C(=O)C21. The van der Waals surface area contributed by atoms with Crippen molar-refractivity contribution >= 4 is 58.1 Å². The van der Waals surface area contributed by atoms with Crippen LogP contribution in [0.3, 0.4) is 0 Å². The molecule has 0 radical (unpaired) electrons. The Balaban J connectivity index is 1.46. The molecule has 0 bridgehead atoms. The smallest absolute Gasteiger partial charge is 0.308 e. The molecule has 2 fully saturated rings. The molecule has 39 heavy (non-hydrogen) atoms. The molecule has 1 aromatic heterocycles. The molecule has 3 atom stereocenters. The van der Waals surface area contributed by atoms with Crippen LogP contribution in [0.15, 0.2) is 58.4 Å². The maximum Gasteiger partial charge on any atom is 0.308 e. The molecule has 2 saturated heterocycles. The highest BCUT2D eigenvalue weighted by atomic mass is 35.5. The van der Waals surface area contributed by atoms with Crippen LogP contribution < -0.4 is 14.5 Å². The quantitative estimate of drug-likeness (QED) is 0.414. The highest BCUT2D eigenvalue weighted by molar-refractivity contribution is 8.00. The molecule has 2 aromatic carbocycles. The second kappa shape index (κ2) is 10.5. The molecule has 0 aliphatic carbocycles. The highest BCUT2D eigenvalue weighted by Crippen LogP contribution is 2.55. The Morgan fingerprint density at radius 3 is 2.44 bits per heavy atom. The minimum atomic E-state index is -0.763. The number of anilines is 1. The van der Waals surface area contributed by atoms with Gasteiger partial charge in [-0.25, -0.2) is 4.90 Å². The Labute approximate surface area is 238 Å². The van der Waals surface area contributed by atoms with E-state index in [-0.39, 0.29) is 29.1 Å². The van der Waals surface area contributed by atoms with E-state index in [2.05, 4.69) is 0 Å². The number of nitrogens with zero attached hydrogens (tertiary/aromatic N) is 3. The first-order valence-corrected chi connectivity index (χ1v) is 14.9. The van der Waals surface area contributed by atoms with Gasteiger partial charge in [-0.15, -0.1) is 0 Å². The van der Waals surface area contributed by atoms with Crippen LogP contribution >= 0.6 is 34.7 Å². The number of carbonyl (C=O) groups excluding carboxylic acids is 3. The van der Waals surface area contributed by atoms with E-state index in [0.717, 1.165) is 36.2 Å². The largest absolute Gasteiger partial charge is 0.496 e. The van der Waals surface area contributed by atoms with Crippen LogP contribution in [0.5, 0.6) is 5.75 Å². The average molecular weight is 584 g/mol. The van der Waals surface area contributed by atoms with Gasteiger partial charge in [0.15, 0.2) is 0 Å². The fourth-order valence-electron chi connectivity index (χ4n) is 5.74. The third-order valence-electron chi connectivity index (χ3n) is 7.61. The monoisotopic (exact) mass is 583 g/mol. The molecule has 3 amide bonds. The second-order valence-corrected chi connectivity index (χ2v) is 12.4. The number of carbonyl (C=O) groups is 3. The predicted octanol–water partition coefficient (Wildman–Crippen LogP) is 4.38. The van der Waals surface area contributed by atoms with Crippen molar-refractivity contribution < 1.29 is 19.1 Å². The number of aromatic nitrogens is 1. The molecular formula is C28H26ClN3O5S2. The molecule has 202 valence electrons. The molecule has 11 heteroatoms. The first-order chi connectivity index (χ1) is 18.9. The fraction of sp³-hybridized carbons (Fsp3) is 0.357. The molecule has 6 rings (SSSR count). The van der Waals surface area contributed by atoms with E-state index < -0.39 is 17.1 Å². The number of likely N-dealkylation sites (tertiary alicyclic amines) is 1. The van der Waals surface area contributed by atoms with E-state index >= 15 is 0 Å². The van der Waals surface area contributed by atoms with Gasteiger partial charge in [-0.1, -0.05) is 52.9 Å². The van der Waals surface area contributed by atoms with Crippen LogP contribution in [-0.4, -0.2) is 52.6 Å². The van der Waals surface area contributed by atoms with Gasteiger partial charge in [0.2, 0.25) is 17.7 Å². The molecule has 3 aromatic rings. The number of para-hydroxylation sites is 1. The van der Waals surface area contributed by atoms with Crippen LogP contribution in [0.1, 0.15) is 35.6 Å². The molecular weight excluding hydrogens is 558 g/mol. The molecule has 4 heterocycles. The van der Waals surface area contributed by atoms with Crippen molar-refractivity contribution in [3.63, 3.8) is 0 Å². The van der Waals surface area contributed by atoms with Crippen molar-refractivity contribution in [1.29, 1.82) is 0 Å². The first kappa shape index (κ1) is 26.2. The number of methoxy groups -OCH3 is 1. The summed E-state index contributed by atoms with van der Waals surface area (Å²) < 4.78 is 7.15.